The van der Waals surface area contributed by atoms with Crippen LogP contribution in [0.1, 0.15) is 6.92 Å². The molecule has 3 amide bonds. The lowest BCUT2D eigenvalue weighted by molar-refractivity contribution is 0.0868. The number of aromatic nitrogens is 2. The fourth-order valence-electron chi connectivity index (χ4n) is 1.98. The van der Waals surface area contributed by atoms with Gasteiger partial charge in [-0.15, -0.1) is 0 Å². The average Bonchev–Trinajstić information content (AvgIpc) is 2.84. The molecule has 0 aromatic carbocycles. The lowest BCUT2D eigenvalue weighted by atomic mass is 10.3. The fraction of sp³-hybridized carbons (Fsp3) is 0.583. The van der Waals surface area contributed by atoms with Gasteiger partial charge in [0.05, 0.1) is 6.61 Å². The van der Waals surface area contributed by atoms with Crippen LogP contribution in [-0.4, -0.2) is 64.5 Å². The molecule has 1 aliphatic rings. The second kappa shape index (κ2) is 6.27. The molecular formula is C12H19N5O3. The topological polar surface area (TPSA) is 79.7 Å². The van der Waals surface area contributed by atoms with Crippen molar-refractivity contribution in [1.82, 2.24) is 19.6 Å². The number of urea groups is 1. The quantitative estimate of drug-likeness (QED) is 0.866. The van der Waals surface area contributed by atoms with Crippen LogP contribution in [0.2, 0.25) is 0 Å². The molecule has 1 fully saturated rings. The van der Waals surface area contributed by atoms with Crippen LogP contribution < -0.4 is 5.32 Å². The van der Waals surface area contributed by atoms with Crippen LogP contribution in [0.5, 0.6) is 0 Å². The maximum absolute atomic E-state index is 12.0. The molecule has 8 nitrogen and oxygen atoms in total. The van der Waals surface area contributed by atoms with Crippen molar-refractivity contribution in [2.75, 3.05) is 38.1 Å². The van der Waals surface area contributed by atoms with E-state index in [0.29, 0.717) is 38.6 Å². The van der Waals surface area contributed by atoms with Gasteiger partial charge in [-0.05, 0) is 6.92 Å². The van der Waals surface area contributed by atoms with E-state index in [4.69, 9.17) is 4.74 Å². The van der Waals surface area contributed by atoms with Gasteiger partial charge in [0.2, 0.25) is 0 Å². The third kappa shape index (κ3) is 3.40. The summed E-state index contributed by atoms with van der Waals surface area (Å²) in [6, 6.07) is 1.53. The summed E-state index contributed by atoms with van der Waals surface area (Å²) in [6.07, 6.45) is 1.44. The number of carbonyl (C=O) groups excluding carboxylic acids is 2. The summed E-state index contributed by atoms with van der Waals surface area (Å²) in [4.78, 5) is 26.8. The van der Waals surface area contributed by atoms with Crippen LogP contribution in [0, 0.1) is 0 Å². The van der Waals surface area contributed by atoms with E-state index in [1.54, 1.807) is 40.7 Å². The predicted octanol–water partition coefficient (Wildman–Crippen LogP) is 0.726. The average molecular weight is 281 g/mol. The Labute approximate surface area is 117 Å². The number of anilines is 1. The molecule has 0 radical (unpaired) electrons. The second-order valence-electron chi connectivity index (χ2n) is 4.48. The Kier molecular flexibility index (Phi) is 4.44. The van der Waals surface area contributed by atoms with Gasteiger partial charge in [0.1, 0.15) is 0 Å². The summed E-state index contributed by atoms with van der Waals surface area (Å²) >= 11 is 0. The van der Waals surface area contributed by atoms with E-state index < -0.39 is 0 Å². The van der Waals surface area contributed by atoms with E-state index in [0.717, 1.165) is 0 Å². The predicted molar refractivity (Wildman–Crippen MR) is 72.4 cm³/mol. The number of ether oxygens (including phenoxy) is 1. The van der Waals surface area contributed by atoms with Gasteiger partial charge in [-0.1, -0.05) is 0 Å². The van der Waals surface area contributed by atoms with Crippen molar-refractivity contribution in [3.63, 3.8) is 0 Å². The maximum atomic E-state index is 12.0. The van der Waals surface area contributed by atoms with Gasteiger partial charge >= 0.3 is 12.1 Å². The first kappa shape index (κ1) is 14.2. The Bertz CT molecular complexity index is 479. The molecule has 0 aliphatic carbocycles. The molecule has 0 spiro atoms. The first-order chi connectivity index (χ1) is 9.60. The zero-order chi connectivity index (χ0) is 14.5. The Morgan fingerprint density at radius 3 is 2.50 bits per heavy atom. The molecular weight excluding hydrogens is 262 g/mol. The fourth-order valence-corrected chi connectivity index (χ4v) is 1.98. The van der Waals surface area contributed by atoms with Crippen LogP contribution in [0.4, 0.5) is 15.4 Å². The van der Waals surface area contributed by atoms with Gasteiger partial charge in [-0.3, -0.25) is 10.00 Å². The highest BCUT2D eigenvalue weighted by molar-refractivity contribution is 5.88. The van der Waals surface area contributed by atoms with Crippen LogP contribution >= 0.6 is 0 Å². The molecule has 1 N–H and O–H groups in total. The summed E-state index contributed by atoms with van der Waals surface area (Å²) in [7, 11) is 1.79. The van der Waals surface area contributed by atoms with E-state index in [1.165, 1.54) is 0 Å². The van der Waals surface area contributed by atoms with E-state index in [2.05, 4.69) is 10.4 Å². The number of carbonyl (C=O) groups is 2. The highest BCUT2D eigenvalue weighted by atomic mass is 16.6. The van der Waals surface area contributed by atoms with Crippen molar-refractivity contribution < 1.29 is 14.3 Å². The molecule has 1 aromatic heterocycles. The minimum Gasteiger partial charge on any atom is -0.450 e. The summed E-state index contributed by atoms with van der Waals surface area (Å²) in [6.45, 7) is 4.06. The van der Waals surface area contributed by atoms with E-state index in [9.17, 15) is 9.59 Å². The number of hydrogen-bond acceptors (Lipinski definition) is 4. The largest absolute Gasteiger partial charge is 0.450 e. The molecule has 0 unspecified atom stereocenters. The summed E-state index contributed by atoms with van der Waals surface area (Å²) < 4.78 is 6.55. The number of hydrogen-bond donors (Lipinski definition) is 1. The van der Waals surface area contributed by atoms with E-state index >= 15 is 0 Å². The Morgan fingerprint density at radius 1 is 1.30 bits per heavy atom. The van der Waals surface area contributed by atoms with Crippen LogP contribution in [0.25, 0.3) is 0 Å². The van der Waals surface area contributed by atoms with Gasteiger partial charge in [0.25, 0.3) is 0 Å². The van der Waals surface area contributed by atoms with Crippen molar-refractivity contribution in [2.24, 2.45) is 7.05 Å². The Hall–Kier alpha value is -2.25. The lowest BCUT2D eigenvalue weighted by Crippen LogP contribution is -2.51. The summed E-state index contributed by atoms with van der Waals surface area (Å²) in [5.74, 6) is 0.519. The zero-order valence-electron chi connectivity index (χ0n) is 11.7. The van der Waals surface area contributed by atoms with Gasteiger partial charge in [0, 0.05) is 45.5 Å². The minimum atomic E-state index is -0.322. The molecule has 0 atom stereocenters. The van der Waals surface area contributed by atoms with Gasteiger partial charge in [0.15, 0.2) is 5.82 Å². The Morgan fingerprint density at radius 2 is 1.95 bits per heavy atom. The third-order valence-electron chi connectivity index (χ3n) is 3.04. The molecule has 2 heterocycles. The van der Waals surface area contributed by atoms with E-state index in [1.807, 2.05) is 0 Å². The molecule has 110 valence electrons. The Balaban J connectivity index is 1.81. The van der Waals surface area contributed by atoms with Crippen molar-refractivity contribution >= 4 is 17.9 Å². The van der Waals surface area contributed by atoms with Crippen molar-refractivity contribution in [1.29, 1.82) is 0 Å². The highest BCUT2D eigenvalue weighted by Crippen LogP contribution is 2.07. The van der Waals surface area contributed by atoms with Crippen molar-refractivity contribution in [2.45, 2.75) is 6.92 Å². The highest BCUT2D eigenvalue weighted by Gasteiger charge is 2.24. The van der Waals surface area contributed by atoms with Gasteiger partial charge < -0.3 is 14.5 Å². The maximum Gasteiger partial charge on any atom is 0.409 e. The number of aryl methyl sites for hydroxylation is 1. The van der Waals surface area contributed by atoms with Gasteiger partial charge in [-0.25, -0.2) is 9.59 Å². The third-order valence-corrected chi connectivity index (χ3v) is 3.04. The SMILES string of the molecule is CCOC(=O)N1CCN(C(=O)Nc2ccn(C)n2)CC1. The van der Waals surface area contributed by atoms with Crippen LogP contribution in [-0.2, 0) is 11.8 Å². The molecule has 2 rings (SSSR count). The standard InChI is InChI=1S/C12H19N5O3/c1-3-20-12(19)17-8-6-16(7-9-17)11(18)13-10-4-5-15(2)14-10/h4-5H,3,6-9H2,1-2H3,(H,13,14,18). The number of nitrogens with one attached hydrogen (secondary N) is 1. The van der Waals surface area contributed by atoms with Crippen LogP contribution in [0.3, 0.4) is 0 Å². The van der Waals surface area contributed by atoms with Gasteiger partial charge in [-0.2, -0.15) is 5.10 Å². The number of piperazine rings is 1. The molecule has 1 saturated heterocycles. The summed E-state index contributed by atoms with van der Waals surface area (Å²) in [5, 5.41) is 6.81. The summed E-state index contributed by atoms with van der Waals surface area (Å²) in [5.41, 5.74) is 0. The van der Waals surface area contributed by atoms with Crippen LogP contribution in [0.15, 0.2) is 12.3 Å². The smallest absolute Gasteiger partial charge is 0.409 e. The van der Waals surface area contributed by atoms with Crippen molar-refractivity contribution in [3.05, 3.63) is 12.3 Å². The monoisotopic (exact) mass is 281 g/mol. The van der Waals surface area contributed by atoms with E-state index in [-0.39, 0.29) is 12.1 Å². The second-order valence-corrected chi connectivity index (χ2v) is 4.48. The first-order valence-corrected chi connectivity index (χ1v) is 6.57. The molecule has 8 heteroatoms. The molecule has 1 aliphatic heterocycles. The molecule has 0 saturated carbocycles. The number of nitrogens with zero attached hydrogens (tertiary/aromatic N) is 4. The zero-order valence-corrected chi connectivity index (χ0v) is 11.7. The van der Waals surface area contributed by atoms with Crippen molar-refractivity contribution in [3.8, 4) is 0 Å². The number of amides is 3. The molecule has 20 heavy (non-hydrogen) atoms. The lowest BCUT2D eigenvalue weighted by Gasteiger charge is -2.33. The normalized spacial score (nSPS) is 15.1. The number of rotatable bonds is 2. The molecule has 1 aromatic rings. The molecule has 0 bridgehead atoms. The first-order valence-electron chi connectivity index (χ1n) is 6.57. The minimum absolute atomic E-state index is 0.202.